The summed E-state index contributed by atoms with van der Waals surface area (Å²) in [6, 6.07) is 13.0. The van der Waals surface area contributed by atoms with Gasteiger partial charge in [-0.05, 0) is 30.3 Å². The second-order valence-electron chi connectivity index (χ2n) is 3.96. The van der Waals surface area contributed by atoms with Crippen molar-refractivity contribution in [1.82, 2.24) is 4.98 Å². The van der Waals surface area contributed by atoms with E-state index in [1.165, 1.54) is 11.8 Å². The normalized spacial score (nSPS) is 9.70. The quantitative estimate of drug-likeness (QED) is 0.754. The summed E-state index contributed by atoms with van der Waals surface area (Å²) >= 11 is 1.67. The molecule has 2 N–H and O–H groups in total. The van der Waals surface area contributed by atoms with E-state index in [-0.39, 0.29) is 5.75 Å². The Hall–Kier alpha value is -2.27. The number of nitrogens with one attached hydrogen (secondary N) is 1. The highest BCUT2D eigenvalue weighted by Gasteiger charge is 1.95. The van der Waals surface area contributed by atoms with Crippen molar-refractivity contribution >= 4 is 27.2 Å². The number of benzene rings is 2. The first kappa shape index (κ1) is 14.1. The maximum atomic E-state index is 8.99. The largest absolute Gasteiger partial charge is 0.504 e. The molecule has 0 saturated heterocycles. The number of hydrogen-bond acceptors (Lipinski definition) is 5. The number of para-hydroxylation sites is 2. The fourth-order valence-electron chi connectivity index (χ4n) is 1.64. The third-order valence-electron chi connectivity index (χ3n) is 2.71. The number of methoxy groups -OCH3 is 1. The Bertz CT molecular complexity index is 682. The van der Waals surface area contributed by atoms with Crippen molar-refractivity contribution in [2.75, 3.05) is 19.5 Å². The lowest BCUT2D eigenvalue weighted by Gasteiger charge is -1.99. The van der Waals surface area contributed by atoms with E-state index in [0.29, 0.717) is 5.75 Å². The molecule has 2 aromatic carbocycles. The molecule has 0 bridgehead atoms. The molecule has 0 amide bonds. The summed E-state index contributed by atoms with van der Waals surface area (Å²) in [7, 11) is 3.44. The van der Waals surface area contributed by atoms with Gasteiger partial charge in [-0.3, -0.25) is 0 Å². The van der Waals surface area contributed by atoms with Crippen molar-refractivity contribution in [2.24, 2.45) is 0 Å². The Morgan fingerprint density at radius 3 is 2.65 bits per heavy atom. The van der Waals surface area contributed by atoms with Gasteiger partial charge in [0, 0.05) is 12.7 Å². The fourth-order valence-corrected chi connectivity index (χ4v) is 2.36. The number of ether oxygens (including phenoxy) is 1. The second kappa shape index (κ2) is 6.77. The smallest absolute Gasteiger partial charge is 0.160 e. The van der Waals surface area contributed by atoms with E-state index in [2.05, 4.69) is 16.4 Å². The van der Waals surface area contributed by atoms with Crippen LogP contribution in [0.15, 0.2) is 48.0 Å². The van der Waals surface area contributed by atoms with Crippen LogP contribution < -0.4 is 10.1 Å². The van der Waals surface area contributed by atoms with Crippen LogP contribution in [0.1, 0.15) is 0 Å². The highest BCUT2D eigenvalue weighted by molar-refractivity contribution is 7.16. The van der Waals surface area contributed by atoms with Crippen molar-refractivity contribution < 1.29 is 9.84 Å². The number of anilines is 1. The van der Waals surface area contributed by atoms with Crippen molar-refractivity contribution in [3.63, 3.8) is 0 Å². The third kappa shape index (κ3) is 3.39. The number of aromatic nitrogens is 1. The first-order valence-corrected chi connectivity index (χ1v) is 6.95. The van der Waals surface area contributed by atoms with E-state index in [4.69, 9.17) is 9.84 Å². The first-order chi connectivity index (χ1) is 9.74. The number of phenolic OH excluding ortho intramolecular Hbond substituents is 1. The minimum atomic E-state index is 0.181. The van der Waals surface area contributed by atoms with Crippen LogP contribution in [0.4, 0.5) is 5.69 Å². The van der Waals surface area contributed by atoms with Gasteiger partial charge in [-0.25, -0.2) is 4.98 Å². The average molecular weight is 288 g/mol. The molecule has 3 rings (SSSR count). The fraction of sp³-hybridized carbons (Fsp3) is 0.133. The molecule has 0 saturated carbocycles. The summed E-state index contributed by atoms with van der Waals surface area (Å²) < 4.78 is 6.03. The molecule has 0 aliphatic carbocycles. The summed E-state index contributed by atoms with van der Waals surface area (Å²) in [6.45, 7) is 0. The molecule has 0 spiro atoms. The zero-order valence-electron chi connectivity index (χ0n) is 11.3. The topological polar surface area (TPSA) is 54.4 Å². The molecular weight excluding hydrogens is 272 g/mol. The van der Waals surface area contributed by atoms with E-state index in [0.717, 1.165) is 11.2 Å². The Morgan fingerprint density at radius 2 is 2.00 bits per heavy atom. The molecule has 20 heavy (non-hydrogen) atoms. The minimum Gasteiger partial charge on any atom is -0.504 e. The predicted molar refractivity (Wildman–Crippen MR) is 83.8 cm³/mol. The zero-order chi connectivity index (χ0) is 14.4. The molecule has 0 radical (unpaired) electrons. The van der Waals surface area contributed by atoms with Crippen LogP contribution in [-0.2, 0) is 0 Å². The maximum Gasteiger partial charge on any atom is 0.160 e. The molecule has 5 heteroatoms. The average Bonchev–Trinajstić information content (AvgIpc) is 2.95. The minimum absolute atomic E-state index is 0.181. The standard InChI is InChI=1S/C8H8N2S.C7H8O2/c1-9-6-2-3-7-8(4-6)11-5-10-7;1-9-7-5-3-2-4-6(7)8/h2-5,9H,1H3;2-5,8H,1H3. The molecule has 0 unspecified atom stereocenters. The number of phenols is 1. The summed E-state index contributed by atoms with van der Waals surface area (Å²) in [4.78, 5) is 4.18. The lowest BCUT2D eigenvalue weighted by Crippen LogP contribution is -1.85. The summed E-state index contributed by atoms with van der Waals surface area (Å²) in [5.41, 5.74) is 4.08. The Balaban J connectivity index is 0.000000151. The lowest BCUT2D eigenvalue weighted by atomic mass is 10.3. The molecule has 0 aliphatic rings. The van der Waals surface area contributed by atoms with Crippen molar-refractivity contribution in [1.29, 1.82) is 0 Å². The highest BCUT2D eigenvalue weighted by atomic mass is 32.1. The van der Waals surface area contributed by atoms with Crippen LogP contribution in [0.3, 0.4) is 0 Å². The number of fused-ring (bicyclic) bond motifs is 1. The maximum absolute atomic E-state index is 8.99. The molecule has 1 heterocycles. The van der Waals surface area contributed by atoms with Crippen LogP contribution in [0.25, 0.3) is 10.2 Å². The van der Waals surface area contributed by atoms with E-state index >= 15 is 0 Å². The third-order valence-corrected chi connectivity index (χ3v) is 3.50. The molecule has 3 aromatic rings. The summed E-state index contributed by atoms with van der Waals surface area (Å²) in [5, 5.41) is 12.1. The number of aromatic hydroxyl groups is 1. The van der Waals surface area contributed by atoms with E-state index in [9.17, 15) is 0 Å². The number of rotatable bonds is 2. The summed E-state index contributed by atoms with van der Waals surface area (Å²) in [6.07, 6.45) is 0. The van der Waals surface area contributed by atoms with Gasteiger partial charge in [0.25, 0.3) is 0 Å². The van der Waals surface area contributed by atoms with Crippen molar-refractivity contribution in [3.8, 4) is 11.5 Å². The van der Waals surface area contributed by atoms with Crippen LogP contribution in [0, 0.1) is 0 Å². The van der Waals surface area contributed by atoms with Gasteiger partial charge in [-0.1, -0.05) is 12.1 Å². The van der Waals surface area contributed by atoms with Gasteiger partial charge < -0.3 is 15.2 Å². The second-order valence-corrected chi connectivity index (χ2v) is 4.84. The highest BCUT2D eigenvalue weighted by Crippen LogP contribution is 2.23. The number of thiazole rings is 1. The van der Waals surface area contributed by atoms with Gasteiger partial charge in [0.1, 0.15) is 0 Å². The van der Waals surface area contributed by atoms with Crippen molar-refractivity contribution in [3.05, 3.63) is 48.0 Å². The van der Waals surface area contributed by atoms with E-state index in [1.807, 2.05) is 24.7 Å². The van der Waals surface area contributed by atoms with E-state index in [1.54, 1.807) is 35.6 Å². The molecule has 104 valence electrons. The van der Waals surface area contributed by atoms with Gasteiger partial charge in [0.15, 0.2) is 11.5 Å². The molecule has 4 nitrogen and oxygen atoms in total. The van der Waals surface area contributed by atoms with Gasteiger partial charge in [0.05, 0.1) is 22.8 Å². The zero-order valence-corrected chi connectivity index (χ0v) is 12.1. The van der Waals surface area contributed by atoms with Gasteiger partial charge in [0.2, 0.25) is 0 Å². The number of nitrogens with zero attached hydrogens (tertiary/aromatic N) is 1. The summed E-state index contributed by atoms with van der Waals surface area (Å²) in [5.74, 6) is 0.692. The molecule has 1 aromatic heterocycles. The van der Waals surface area contributed by atoms with Crippen LogP contribution in [0.5, 0.6) is 11.5 Å². The van der Waals surface area contributed by atoms with Crippen LogP contribution >= 0.6 is 11.3 Å². The van der Waals surface area contributed by atoms with E-state index < -0.39 is 0 Å². The SMILES string of the molecule is CNc1ccc2ncsc2c1.COc1ccccc1O. The predicted octanol–water partition coefficient (Wildman–Crippen LogP) is 3.74. The van der Waals surface area contributed by atoms with Gasteiger partial charge in [-0.15, -0.1) is 11.3 Å². The molecule has 0 atom stereocenters. The molecule has 0 fully saturated rings. The lowest BCUT2D eigenvalue weighted by molar-refractivity contribution is 0.373. The van der Waals surface area contributed by atoms with Crippen LogP contribution in [-0.4, -0.2) is 24.2 Å². The van der Waals surface area contributed by atoms with Gasteiger partial charge >= 0.3 is 0 Å². The Kier molecular flexibility index (Phi) is 4.79. The Labute approximate surface area is 121 Å². The van der Waals surface area contributed by atoms with Crippen molar-refractivity contribution in [2.45, 2.75) is 0 Å². The first-order valence-electron chi connectivity index (χ1n) is 6.07. The number of hydrogen-bond donors (Lipinski definition) is 2. The monoisotopic (exact) mass is 288 g/mol. The van der Waals surface area contributed by atoms with Crippen LogP contribution in [0.2, 0.25) is 0 Å². The Morgan fingerprint density at radius 1 is 1.20 bits per heavy atom. The van der Waals surface area contributed by atoms with Gasteiger partial charge in [-0.2, -0.15) is 0 Å². The molecular formula is C15H16N2O2S. The molecule has 0 aliphatic heterocycles.